The average molecular weight is 343 g/mol. The Hall–Kier alpha value is -1.08. The first-order valence-corrected chi connectivity index (χ1v) is 7.59. The molecular weight excluding hydrogens is 328 g/mol. The molecule has 1 N–H and O–H groups in total. The summed E-state index contributed by atoms with van der Waals surface area (Å²) in [5.74, 6) is 1.45. The van der Waals surface area contributed by atoms with E-state index in [-0.39, 0.29) is 0 Å². The minimum atomic E-state index is 0.593. The summed E-state index contributed by atoms with van der Waals surface area (Å²) >= 11 is 4.82. The van der Waals surface area contributed by atoms with Crippen LogP contribution in [0.2, 0.25) is 0 Å². The van der Waals surface area contributed by atoms with Gasteiger partial charge in [-0.1, -0.05) is 6.92 Å². The lowest BCUT2D eigenvalue weighted by atomic mass is 10.4. The minimum absolute atomic E-state index is 0.593. The number of nitrogens with zero attached hydrogens (tertiary/aromatic N) is 3. The molecule has 2 rings (SSSR count). The lowest BCUT2D eigenvalue weighted by Gasteiger charge is -2.05. The van der Waals surface area contributed by atoms with Crippen LogP contribution in [0.1, 0.15) is 24.8 Å². The first-order valence-electron chi connectivity index (χ1n) is 5.98. The minimum Gasteiger partial charge on any atom is -0.436 e. The smallest absolute Gasteiger partial charge is 0.262 e. The number of hydrogen-bond donors (Lipinski definition) is 1. The summed E-state index contributed by atoms with van der Waals surface area (Å²) in [6.45, 7) is 6.77. The van der Waals surface area contributed by atoms with Crippen molar-refractivity contribution in [2.45, 2.75) is 37.4 Å². The standard InChI is InChI=1S/C12H15BrN4OS/c1-4-5-14-11-15-6-9(13)10(17-11)19-12-16-7(2)8(3)18-12/h6H,4-5H2,1-3H3,(H,14,15,17). The Morgan fingerprint density at radius 3 is 2.79 bits per heavy atom. The predicted octanol–water partition coefficient (Wildman–Crippen LogP) is 3.82. The molecule has 2 heterocycles. The molecule has 0 radical (unpaired) electrons. The van der Waals surface area contributed by atoms with Crippen LogP contribution in [-0.4, -0.2) is 21.5 Å². The molecule has 0 saturated carbocycles. The number of rotatable bonds is 5. The highest BCUT2D eigenvalue weighted by Crippen LogP contribution is 2.32. The van der Waals surface area contributed by atoms with E-state index in [1.54, 1.807) is 6.20 Å². The molecule has 0 unspecified atom stereocenters. The van der Waals surface area contributed by atoms with Gasteiger partial charge in [-0.05, 0) is 48.0 Å². The first-order chi connectivity index (χ1) is 9.10. The number of hydrogen-bond acceptors (Lipinski definition) is 6. The molecule has 0 aliphatic rings. The summed E-state index contributed by atoms with van der Waals surface area (Å²) in [5, 5.41) is 4.54. The van der Waals surface area contributed by atoms with Gasteiger partial charge in [0.1, 0.15) is 10.8 Å². The number of aromatic nitrogens is 3. The van der Waals surface area contributed by atoms with Crippen LogP contribution in [0, 0.1) is 13.8 Å². The Kier molecular flexibility index (Phi) is 4.81. The normalized spacial score (nSPS) is 10.7. The summed E-state index contributed by atoms with van der Waals surface area (Å²) in [6.07, 6.45) is 2.76. The summed E-state index contributed by atoms with van der Waals surface area (Å²) in [5.41, 5.74) is 0.900. The molecule has 19 heavy (non-hydrogen) atoms. The molecule has 0 fully saturated rings. The Morgan fingerprint density at radius 2 is 2.16 bits per heavy atom. The van der Waals surface area contributed by atoms with Gasteiger partial charge in [-0.15, -0.1) is 0 Å². The fourth-order valence-corrected chi connectivity index (χ4v) is 2.55. The van der Waals surface area contributed by atoms with E-state index in [9.17, 15) is 0 Å². The van der Waals surface area contributed by atoms with E-state index in [2.05, 4.69) is 43.1 Å². The van der Waals surface area contributed by atoms with E-state index in [1.807, 2.05) is 13.8 Å². The van der Waals surface area contributed by atoms with E-state index in [4.69, 9.17) is 4.42 Å². The highest BCUT2D eigenvalue weighted by Gasteiger charge is 2.12. The van der Waals surface area contributed by atoms with Crippen LogP contribution in [0.3, 0.4) is 0 Å². The third kappa shape index (κ3) is 3.70. The predicted molar refractivity (Wildman–Crippen MR) is 78.6 cm³/mol. The summed E-state index contributed by atoms with van der Waals surface area (Å²) < 4.78 is 6.37. The van der Waals surface area contributed by atoms with Gasteiger partial charge in [0.25, 0.3) is 5.22 Å². The van der Waals surface area contributed by atoms with Crippen LogP contribution in [0.4, 0.5) is 5.95 Å². The number of anilines is 1. The molecule has 5 nitrogen and oxygen atoms in total. The molecule has 0 aromatic carbocycles. The quantitative estimate of drug-likeness (QED) is 0.833. The zero-order valence-electron chi connectivity index (χ0n) is 11.0. The summed E-state index contributed by atoms with van der Waals surface area (Å²) in [6, 6.07) is 0. The SMILES string of the molecule is CCCNc1ncc(Br)c(Sc2nc(C)c(C)o2)n1. The maximum atomic E-state index is 5.54. The monoisotopic (exact) mass is 342 g/mol. The van der Waals surface area contributed by atoms with Crippen LogP contribution in [0.25, 0.3) is 0 Å². The Bertz CT molecular complexity index is 553. The molecule has 0 spiro atoms. The number of aryl methyl sites for hydroxylation is 2. The molecule has 0 atom stereocenters. The zero-order valence-corrected chi connectivity index (χ0v) is 13.4. The molecule has 102 valence electrons. The Morgan fingerprint density at radius 1 is 1.37 bits per heavy atom. The highest BCUT2D eigenvalue weighted by molar-refractivity contribution is 9.10. The van der Waals surface area contributed by atoms with Crippen LogP contribution < -0.4 is 5.32 Å². The van der Waals surface area contributed by atoms with E-state index in [0.717, 1.165) is 33.9 Å². The van der Waals surface area contributed by atoms with Gasteiger partial charge in [-0.3, -0.25) is 0 Å². The molecule has 2 aromatic rings. The molecule has 2 aromatic heterocycles. The van der Waals surface area contributed by atoms with Crippen molar-refractivity contribution in [2.24, 2.45) is 0 Å². The van der Waals surface area contributed by atoms with E-state index in [1.165, 1.54) is 11.8 Å². The lowest BCUT2D eigenvalue weighted by Crippen LogP contribution is -2.04. The van der Waals surface area contributed by atoms with Crippen LogP contribution in [0.5, 0.6) is 0 Å². The third-order valence-corrected chi connectivity index (χ3v) is 4.13. The second-order valence-corrected chi connectivity index (χ2v) is 5.79. The summed E-state index contributed by atoms with van der Waals surface area (Å²) in [7, 11) is 0. The molecular formula is C12H15BrN4OS. The van der Waals surface area contributed by atoms with Gasteiger partial charge >= 0.3 is 0 Å². The van der Waals surface area contributed by atoms with Crippen molar-refractivity contribution in [3.05, 3.63) is 22.1 Å². The number of nitrogens with one attached hydrogen (secondary N) is 1. The Balaban J connectivity index is 2.18. The van der Waals surface area contributed by atoms with Crippen LogP contribution >= 0.6 is 27.7 Å². The molecule has 0 aliphatic carbocycles. The van der Waals surface area contributed by atoms with Crippen molar-refractivity contribution in [3.8, 4) is 0 Å². The lowest BCUT2D eigenvalue weighted by molar-refractivity contribution is 0.431. The fourth-order valence-electron chi connectivity index (χ4n) is 1.31. The highest BCUT2D eigenvalue weighted by atomic mass is 79.9. The average Bonchev–Trinajstić information content (AvgIpc) is 2.69. The zero-order chi connectivity index (χ0) is 13.8. The van der Waals surface area contributed by atoms with Crippen molar-refractivity contribution in [1.29, 1.82) is 0 Å². The number of oxazole rings is 1. The van der Waals surface area contributed by atoms with Gasteiger partial charge in [0.05, 0.1) is 10.2 Å². The number of halogens is 1. The van der Waals surface area contributed by atoms with Crippen molar-refractivity contribution in [2.75, 3.05) is 11.9 Å². The molecule has 0 aliphatic heterocycles. The third-order valence-electron chi connectivity index (χ3n) is 2.44. The molecule has 0 bridgehead atoms. The van der Waals surface area contributed by atoms with Crippen molar-refractivity contribution < 1.29 is 4.42 Å². The Labute approximate surface area is 124 Å². The van der Waals surface area contributed by atoms with Crippen molar-refractivity contribution in [3.63, 3.8) is 0 Å². The first kappa shape index (κ1) is 14.3. The van der Waals surface area contributed by atoms with Crippen molar-refractivity contribution >= 4 is 33.6 Å². The maximum absolute atomic E-state index is 5.54. The van der Waals surface area contributed by atoms with E-state index in [0.29, 0.717) is 11.2 Å². The van der Waals surface area contributed by atoms with Crippen LogP contribution in [0.15, 0.2) is 25.3 Å². The van der Waals surface area contributed by atoms with Gasteiger partial charge in [-0.2, -0.15) is 0 Å². The molecule has 0 saturated heterocycles. The second kappa shape index (κ2) is 6.38. The fraction of sp³-hybridized carbons (Fsp3) is 0.417. The van der Waals surface area contributed by atoms with Gasteiger partial charge in [-0.25, -0.2) is 15.0 Å². The van der Waals surface area contributed by atoms with Gasteiger partial charge in [0.2, 0.25) is 5.95 Å². The maximum Gasteiger partial charge on any atom is 0.262 e. The topological polar surface area (TPSA) is 63.8 Å². The molecule has 0 amide bonds. The largest absolute Gasteiger partial charge is 0.436 e. The van der Waals surface area contributed by atoms with E-state index < -0.39 is 0 Å². The summed E-state index contributed by atoms with van der Waals surface area (Å²) in [4.78, 5) is 13.0. The van der Waals surface area contributed by atoms with Crippen LogP contribution in [-0.2, 0) is 0 Å². The second-order valence-electron chi connectivity index (χ2n) is 4.00. The van der Waals surface area contributed by atoms with Crippen molar-refractivity contribution in [1.82, 2.24) is 15.0 Å². The van der Waals surface area contributed by atoms with Gasteiger partial charge in [0, 0.05) is 12.7 Å². The van der Waals surface area contributed by atoms with Gasteiger partial charge < -0.3 is 9.73 Å². The molecule has 7 heteroatoms. The van der Waals surface area contributed by atoms with E-state index >= 15 is 0 Å². The van der Waals surface area contributed by atoms with Gasteiger partial charge in [0.15, 0.2) is 0 Å².